The number of aryl methyl sites for hydroxylation is 1. The number of fused-ring (bicyclic) bond motifs is 3. The van der Waals surface area contributed by atoms with Crippen molar-refractivity contribution in [3.8, 4) is 0 Å². The van der Waals surface area contributed by atoms with Crippen LogP contribution in [0.2, 0.25) is 0 Å². The predicted octanol–water partition coefficient (Wildman–Crippen LogP) is 4.29. The summed E-state index contributed by atoms with van der Waals surface area (Å²) < 4.78 is 12.6. The molecular weight excluding hydrogens is 408 g/mol. The summed E-state index contributed by atoms with van der Waals surface area (Å²) in [5.74, 6) is 0. The van der Waals surface area contributed by atoms with E-state index in [2.05, 4.69) is 66.0 Å². The fourth-order valence-corrected chi connectivity index (χ4v) is 3.44. The van der Waals surface area contributed by atoms with E-state index in [0.29, 0.717) is 19.6 Å². The summed E-state index contributed by atoms with van der Waals surface area (Å²) in [7, 11) is 0. The number of aliphatic hydroxyl groups is 1. The Labute approximate surface area is 148 Å². The van der Waals surface area contributed by atoms with Gasteiger partial charge < -0.3 is 15.0 Å². The molecule has 0 fully saturated rings. The molecule has 0 bridgehead atoms. The smallest absolute Gasteiger partial charge is 0.0555 e. The lowest BCUT2D eigenvalue weighted by molar-refractivity contribution is 0.292. The van der Waals surface area contributed by atoms with Crippen LogP contribution in [0.3, 0.4) is 0 Å². The molecule has 1 atom stereocenters. The fourth-order valence-electron chi connectivity index (χ4n) is 2.72. The zero-order valence-corrected chi connectivity index (χ0v) is 15.2. The van der Waals surface area contributed by atoms with Gasteiger partial charge in [-0.2, -0.15) is 0 Å². The van der Waals surface area contributed by atoms with Gasteiger partial charge in [0.15, 0.2) is 0 Å². The van der Waals surface area contributed by atoms with Crippen LogP contribution in [0.15, 0.2) is 45.3 Å². The maximum Gasteiger partial charge on any atom is 0.0555 e. The van der Waals surface area contributed by atoms with Crippen molar-refractivity contribution in [2.24, 2.45) is 0 Å². The summed E-state index contributed by atoms with van der Waals surface area (Å²) >= 11 is 7.09. The summed E-state index contributed by atoms with van der Waals surface area (Å²) in [5.41, 5.74) is 2.28. The van der Waals surface area contributed by atoms with Gasteiger partial charge in [-0.3, -0.25) is 0 Å². The number of nitrogens with one attached hydrogen (secondary N) is 1. The second-order valence-corrected chi connectivity index (χ2v) is 6.98. The Morgan fingerprint density at radius 1 is 1.00 bits per heavy atom. The molecule has 0 aliphatic heterocycles. The van der Waals surface area contributed by atoms with Gasteiger partial charge in [0.1, 0.15) is 0 Å². The first-order valence-electron chi connectivity index (χ1n) is 7.78. The molecule has 1 unspecified atom stereocenters. The van der Waals surface area contributed by atoms with Gasteiger partial charge >= 0.3 is 0 Å². The van der Waals surface area contributed by atoms with Crippen molar-refractivity contribution in [1.29, 1.82) is 0 Å². The predicted molar refractivity (Wildman–Crippen MR) is 99.4 cm³/mol. The lowest BCUT2D eigenvalue weighted by atomic mass is 10.2. The number of hydrogen-bond donors (Lipinski definition) is 2. The van der Waals surface area contributed by atoms with Crippen LogP contribution in [0.25, 0.3) is 21.8 Å². The highest BCUT2D eigenvalue weighted by Gasteiger charge is 2.11. The molecule has 2 N–H and O–H groups in total. The van der Waals surface area contributed by atoms with Gasteiger partial charge in [0.25, 0.3) is 0 Å². The quantitative estimate of drug-likeness (QED) is 0.577. The van der Waals surface area contributed by atoms with E-state index in [0.717, 1.165) is 20.0 Å². The third-order valence-corrected chi connectivity index (χ3v) is 4.66. The number of aromatic nitrogens is 1. The Balaban J connectivity index is 2.03. The first kappa shape index (κ1) is 14.7. The molecule has 0 aliphatic carbocycles. The maximum atomic E-state index is 8.83. The SMILES string of the molecule is [2H]C(CNCCO)Cn1c2ccc(Br)cc2c2cc(Br)ccc21. The fraction of sp³-hybridized carbons (Fsp3) is 0.294. The minimum Gasteiger partial charge on any atom is -0.395 e. The number of nitrogens with zero attached hydrogens (tertiary/aromatic N) is 1. The molecule has 2 aromatic carbocycles. The van der Waals surface area contributed by atoms with Crippen molar-refractivity contribution in [3.05, 3.63) is 45.3 Å². The molecule has 3 rings (SSSR count). The number of aliphatic hydroxyl groups excluding tert-OH is 1. The normalized spacial score (nSPS) is 13.7. The lowest BCUT2D eigenvalue weighted by Crippen LogP contribution is -2.20. The van der Waals surface area contributed by atoms with E-state index in [1.54, 1.807) is 0 Å². The third-order valence-electron chi connectivity index (χ3n) is 3.68. The molecule has 3 aromatic rings. The summed E-state index contributed by atoms with van der Waals surface area (Å²) in [5, 5.41) is 14.3. The molecule has 0 aliphatic rings. The van der Waals surface area contributed by atoms with Crippen LogP contribution in [0, 0.1) is 0 Å². The highest BCUT2D eigenvalue weighted by atomic mass is 79.9. The van der Waals surface area contributed by atoms with Crippen molar-refractivity contribution >= 4 is 53.7 Å². The largest absolute Gasteiger partial charge is 0.395 e. The Morgan fingerprint density at radius 2 is 1.59 bits per heavy atom. The van der Waals surface area contributed by atoms with E-state index in [4.69, 9.17) is 6.48 Å². The van der Waals surface area contributed by atoms with Crippen LogP contribution in [-0.4, -0.2) is 29.4 Å². The topological polar surface area (TPSA) is 37.2 Å². The molecule has 0 radical (unpaired) electrons. The van der Waals surface area contributed by atoms with Gasteiger partial charge in [-0.1, -0.05) is 31.9 Å². The van der Waals surface area contributed by atoms with Gasteiger partial charge in [-0.25, -0.2) is 0 Å². The average molecular weight is 427 g/mol. The molecule has 22 heavy (non-hydrogen) atoms. The Bertz CT molecular complexity index is 775. The zero-order valence-electron chi connectivity index (χ0n) is 13.0. The number of rotatable bonds is 6. The van der Waals surface area contributed by atoms with Crippen LogP contribution >= 0.6 is 31.9 Å². The third kappa shape index (κ3) is 3.23. The number of benzene rings is 2. The summed E-state index contributed by atoms with van der Waals surface area (Å²) in [6, 6.07) is 12.5. The first-order valence-corrected chi connectivity index (χ1v) is 8.79. The first-order chi connectivity index (χ1) is 11.1. The second-order valence-electron chi connectivity index (χ2n) is 5.15. The Hall–Kier alpha value is -0.880. The Morgan fingerprint density at radius 3 is 2.14 bits per heavy atom. The van der Waals surface area contributed by atoms with Gasteiger partial charge in [0, 0.05) is 45.2 Å². The highest BCUT2D eigenvalue weighted by molar-refractivity contribution is 9.10. The highest BCUT2D eigenvalue weighted by Crippen LogP contribution is 2.33. The zero-order chi connectivity index (χ0) is 16.4. The second kappa shape index (κ2) is 7.13. The van der Waals surface area contributed by atoms with Crippen LogP contribution < -0.4 is 5.32 Å². The van der Waals surface area contributed by atoms with Gasteiger partial charge in [0.05, 0.1) is 6.61 Å². The van der Waals surface area contributed by atoms with E-state index in [1.807, 2.05) is 12.1 Å². The molecule has 116 valence electrons. The van der Waals surface area contributed by atoms with E-state index in [-0.39, 0.29) is 13.0 Å². The van der Waals surface area contributed by atoms with Crippen LogP contribution in [-0.2, 0) is 6.54 Å². The molecule has 1 heterocycles. The maximum absolute atomic E-state index is 8.83. The molecule has 0 saturated heterocycles. The number of halogens is 2. The van der Waals surface area contributed by atoms with Crippen molar-refractivity contribution in [2.45, 2.75) is 12.9 Å². The van der Waals surface area contributed by atoms with Crippen LogP contribution in [0.4, 0.5) is 0 Å². The summed E-state index contributed by atoms with van der Waals surface area (Å²) in [6.45, 7) is 1.81. The standard InChI is InChI=1S/C17H18Br2N2O/c18-12-2-4-16-14(10-12)15-11-13(19)3-5-17(15)21(16)8-1-6-20-7-9-22/h2-5,10-11,20,22H,1,6-9H2/i1D. The molecule has 1 aromatic heterocycles. The molecule has 5 heteroatoms. The van der Waals surface area contributed by atoms with E-state index in [9.17, 15) is 0 Å². The van der Waals surface area contributed by atoms with Crippen molar-refractivity contribution in [2.75, 3.05) is 19.7 Å². The van der Waals surface area contributed by atoms with Gasteiger partial charge in [-0.15, -0.1) is 0 Å². The van der Waals surface area contributed by atoms with Crippen LogP contribution in [0.5, 0.6) is 0 Å². The van der Waals surface area contributed by atoms with E-state index < -0.39 is 0 Å². The van der Waals surface area contributed by atoms with E-state index >= 15 is 0 Å². The van der Waals surface area contributed by atoms with E-state index in [1.165, 1.54) is 10.8 Å². The van der Waals surface area contributed by atoms with Gasteiger partial charge in [-0.05, 0) is 49.3 Å². The minimum absolute atomic E-state index is 0.101. The number of hydrogen-bond acceptors (Lipinski definition) is 2. The molecule has 0 spiro atoms. The molecule has 0 amide bonds. The summed E-state index contributed by atoms with van der Waals surface area (Å²) in [4.78, 5) is 0. The van der Waals surface area contributed by atoms with Crippen molar-refractivity contribution < 1.29 is 6.48 Å². The summed E-state index contributed by atoms with van der Waals surface area (Å²) in [6.07, 6.45) is -0.271. The van der Waals surface area contributed by atoms with Crippen molar-refractivity contribution in [1.82, 2.24) is 9.88 Å². The Kier molecular flexibility index (Phi) is 4.76. The van der Waals surface area contributed by atoms with Crippen molar-refractivity contribution in [3.63, 3.8) is 0 Å². The van der Waals surface area contributed by atoms with Gasteiger partial charge in [0.2, 0.25) is 0 Å². The molecule has 3 nitrogen and oxygen atoms in total. The lowest BCUT2D eigenvalue weighted by Gasteiger charge is -2.08. The molecular formula is C17H18Br2N2O. The average Bonchev–Trinajstić information content (AvgIpc) is 2.80. The van der Waals surface area contributed by atoms with Crippen LogP contribution in [0.1, 0.15) is 7.77 Å². The molecule has 0 saturated carbocycles. The monoisotopic (exact) mass is 425 g/mol. The minimum atomic E-state index is -0.271.